The molecule has 124 valence electrons. The van der Waals surface area contributed by atoms with Crippen molar-refractivity contribution in [1.29, 1.82) is 0 Å². The summed E-state index contributed by atoms with van der Waals surface area (Å²) < 4.78 is 10.8. The van der Waals surface area contributed by atoms with Crippen LogP contribution in [0.5, 0.6) is 0 Å². The first-order valence-corrected chi connectivity index (χ1v) is 7.59. The van der Waals surface area contributed by atoms with E-state index in [1.54, 1.807) is 7.11 Å². The van der Waals surface area contributed by atoms with E-state index >= 15 is 0 Å². The molecule has 6 nitrogen and oxygen atoms in total. The van der Waals surface area contributed by atoms with Gasteiger partial charge in [-0.15, -0.1) is 0 Å². The average molecular weight is 318 g/mol. The summed E-state index contributed by atoms with van der Waals surface area (Å²) in [5.41, 5.74) is 1.38. The van der Waals surface area contributed by atoms with Crippen LogP contribution in [-0.2, 0) is 16.1 Å². The number of methoxy groups -OCH3 is 1. The lowest BCUT2D eigenvalue weighted by atomic mass is 10.1. The van der Waals surface area contributed by atoms with Crippen LogP contribution >= 0.6 is 0 Å². The van der Waals surface area contributed by atoms with Crippen molar-refractivity contribution in [3.8, 4) is 0 Å². The van der Waals surface area contributed by atoms with Crippen LogP contribution in [0.15, 0.2) is 28.7 Å². The number of hydrogen-bond acceptors (Lipinski definition) is 4. The fourth-order valence-electron chi connectivity index (χ4n) is 2.22. The van der Waals surface area contributed by atoms with Gasteiger partial charge in [0.2, 0.25) is 5.91 Å². The van der Waals surface area contributed by atoms with Gasteiger partial charge in [-0.3, -0.25) is 9.59 Å². The Morgan fingerprint density at radius 1 is 1.17 bits per heavy atom. The number of carbonyl (C=O) groups excluding carboxylic acids is 2. The molecule has 0 unspecified atom stereocenters. The molecule has 0 spiro atoms. The first kappa shape index (κ1) is 17.0. The minimum atomic E-state index is -0.313. The van der Waals surface area contributed by atoms with Gasteiger partial charge >= 0.3 is 0 Å². The summed E-state index contributed by atoms with van der Waals surface area (Å²) in [6, 6.07) is 7.45. The Hall–Kier alpha value is -2.34. The predicted molar refractivity (Wildman–Crippen MR) is 87.1 cm³/mol. The number of benzene rings is 1. The number of carbonyl (C=O) groups is 2. The van der Waals surface area contributed by atoms with Crippen LogP contribution in [0.3, 0.4) is 0 Å². The number of rotatable bonds is 7. The second kappa shape index (κ2) is 7.78. The second-order valence-electron chi connectivity index (χ2n) is 5.54. The molecule has 1 aromatic heterocycles. The molecule has 1 aromatic carbocycles. The maximum atomic E-state index is 12.3. The first-order chi connectivity index (χ1) is 11.0. The standard InChI is InChI=1S/C17H22N2O4/c1-11(2)16(20)18-8-9-19-17(21)15-13(10-22-3)12-6-4-5-7-14(12)23-15/h4-7,11H,8-10H2,1-3H3,(H,18,20)(H,19,21). The Labute approximate surface area is 135 Å². The van der Waals surface area contributed by atoms with Crippen molar-refractivity contribution in [3.05, 3.63) is 35.6 Å². The van der Waals surface area contributed by atoms with Gasteiger partial charge in [0.1, 0.15) is 5.58 Å². The Bertz CT molecular complexity index is 691. The Morgan fingerprint density at radius 3 is 2.57 bits per heavy atom. The van der Waals surface area contributed by atoms with Crippen molar-refractivity contribution in [2.75, 3.05) is 20.2 Å². The summed E-state index contributed by atoms with van der Waals surface area (Å²) in [5, 5.41) is 6.36. The van der Waals surface area contributed by atoms with E-state index < -0.39 is 0 Å². The van der Waals surface area contributed by atoms with E-state index in [1.165, 1.54) is 0 Å². The molecule has 0 fully saturated rings. The summed E-state index contributed by atoms with van der Waals surface area (Å²) in [6.07, 6.45) is 0. The van der Waals surface area contributed by atoms with Crippen molar-refractivity contribution in [2.45, 2.75) is 20.5 Å². The zero-order valence-electron chi connectivity index (χ0n) is 13.6. The van der Waals surface area contributed by atoms with Gasteiger partial charge in [0.25, 0.3) is 5.91 Å². The van der Waals surface area contributed by atoms with Gasteiger partial charge in [0, 0.05) is 37.1 Å². The maximum absolute atomic E-state index is 12.3. The van der Waals surface area contributed by atoms with E-state index in [2.05, 4.69) is 10.6 Å². The minimum Gasteiger partial charge on any atom is -0.451 e. The molecule has 0 saturated heterocycles. The van der Waals surface area contributed by atoms with E-state index in [0.717, 1.165) is 10.9 Å². The highest BCUT2D eigenvalue weighted by Gasteiger charge is 2.20. The maximum Gasteiger partial charge on any atom is 0.287 e. The van der Waals surface area contributed by atoms with Crippen LogP contribution in [0, 0.1) is 5.92 Å². The fourth-order valence-corrected chi connectivity index (χ4v) is 2.22. The van der Waals surface area contributed by atoms with E-state index in [1.807, 2.05) is 38.1 Å². The average Bonchev–Trinajstić information content (AvgIpc) is 2.90. The molecule has 2 aromatic rings. The van der Waals surface area contributed by atoms with Crippen LogP contribution in [0.1, 0.15) is 30.0 Å². The normalized spacial score (nSPS) is 11.0. The molecule has 0 bridgehead atoms. The SMILES string of the molecule is COCc1c(C(=O)NCCNC(=O)C(C)C)oc2ccccc12. The van der Waals surface area contributed by atoms with Crippen molar-refractivity contribution < 1.29 is 18.7 Å². The quantitative estimate of drug-likeness (QED) is 0.766. The number of amides is 2. The number of ether oxygens (including phenoxy) is 1. The third kappa shape index (κ3) is 4.10. The second-order valence-corrected chi connectivity index (χ2v) is 5.54. The molecule has 0 aliphatic carbocycles. The molecular weight excluding hydrogens is 296 g/mol. The molecule has 2 rings (SSSR count). The summed E-state index contributed by atoms with van der Waals surface area (Å²) in [6.45, 7) is 4.64. The number of para-hydroxylation sites is 1. The van der Waals surface area contributed by atoms with Gasteiger partial charge in [0.05, 0.1) is 6.61 Å². The van der Waals surface area contributed by atoms with Crippen molar-refractivity contribution in [1.82, 2.24) is 10.6 Å². The van der Waals surface area contributed by atoms with Gasteiger partial charge in [-0.2, -0.15) is 0 Å². The van der Waals surface area contributed by atoms with Gasteiger partial charge < -0.3 is 19.8 Å². The molecule has 1 heterocycles. The molecule has 0 aliphatic rings. The summed E-state index contributed by atoms with van der Waals surface area (Å²) >= 11 is 0. The van der Waals surface area contributed by atoms with Gasteiger partial charge in [-0.05, 0) is 6.07 Å². The minimum absolute atomic E-state index is 0.0388. The predicted octanol–water partition coefficient (Wildman–Crippen LogP) is 2.08. The molecule has 0 atom stereocenters. The Morgan fingerprint density at radius 2 is 1.87 bits per heavy atom. The van der Waals surface area contributed by atoms with Crippen LogP contribution in [-0.4, -0.2) is 32.0 Å². The van der Waals surface area contributed by atoms with Crippen LogP contribution in [0.2, 0.25) is 0 Å². The van der Waals surface area contributed by atoms with Crippen LogP contribution in [0.25, 0.3) is 11.0 Å². The van der Waals surface area contributed by atoms with E-state index in [0.29, 0.717) is 25.3 Å². The van der Waals surface area contributed by atoms with Crippen molar-refractivity contribution in [3.63, 3.8) is 0 Å². The fraction of sp³-hybridized carbons (Fsp3) is 0.412. The molecular formula is C17H22N2O4. The highest BCUT2D eigenvalue weighted by Crippen LogP contribution is 2.26. The Balaban J connectivity index is 2.03. The molecule has 2 amide bonds. The van der Waals surface area contributed by atoms with E-state index in [-0.39, 0.29) is 23.5 Å². The molecule has 2 N–H and O–H groups in total. The van der Waals surface area contributed by atoms with Gasteiger partial charge in [-0.1, -0.05) is 32.0 Å². The molecule has 23 heavy (non-hydrogen) atoms. The molecule has 0 saturated carbocycles. The van der Waals surface area contributed by atoms with Crippen LogP contribution < -0.4 is 10.6 Å². The molecule has 6 heteroatoms. The summed E-state index contributed by atoms with van der Waals surface area (Å²) in [5.74, 6) is -0.173. The molecule has 0 radical (unpaired) electrons. The Kier molecular flexibility index (Phi) is 5.76. The van der Waals surface area contributed by atoms with Crippen LogP contribution in [0.4, 0.5) is 0 Å². The van der Waals surface area contributed by atoms with Crippen molar-refractivity contribution >= 4 is 22.8 Å². The lowest BCUT2D eigenvalue weighted by molar-refractivity contribution is -0.123. The first-order valence-electron chi connectivity index (χ1n) is 7.59. The highest BCUT2D eigenvalue weighted by atomic mass is 16.5. The lowest BCUT2D eigenvalue weighted by Crippen LogP contribution is -2.36. The van der Waals surface area contributed by atoms with E-state index in [9.17, 15) is 9.59 Å². The lowest BCUT2D eigenvalue weighted by Gasteiger charge is -2.08. The third-order valence-corrected chi connectivity index (χ3v) is 3.43. The topological polar surface area (TPSA) is 80.6 Å². The zero-order valence-corrected chi connectivity index (χ0v) is 13.6. The third-order valence-electron chi connectivity index (χ3n) is 3.43. The zero-order chi connectivity index (χ0) is 16.8. The number of furan rings is 1. The molecule has 0 aliphatic heterocycles. The summed E-state index contributed by atoms with van der Waals surface area (Å²) in [4.78, 5) is 23.8. The van der Waals surface area contributed by atoms with Crippen molar-refractivity contribution in [2.24, 2.45) is 5.92 Å². The van der Waals surface area contributed by atoms with Gasteiger partial charge in [0.15, 0.2) is 5.76 Å². The monoisotopic (exact) mass is 318 g/mol. The largest absolute Gasteiger partial charge is 0.451 e. The summed E-state index contributed by atoms with van der Waals surface area (Å²) in [7, 11) is 1.57. The number of fused-ring (bicyclic) bond motifs is 1. The highest BCUT2D eigenvalue weighted by molar-refractivity contribution is 5.99. The van der Waals surface area contributed by atoms with E-state index in [4.69, 9.17) is 9.15 Å². The number of nitrogens with one attached hydrogen (secondary N) is 2. The number of hydrogen-bond donors (Lipinski definition) is 2. The smallest absolute Gasteiger partial charge is 0.287 e. The van der Waals surface area contributed by atoms with Gasteiger partial charge in [-0.25, -0.2) is 0 Å².